The second-order valence-electron chi connectivity index (χ2n) is 8.29. The molecular formula is C19H26ClN5OS. The van der Waals surface area contributed by atoms with Gasteiger partial charge < -0.3 is 14.5 Å². The molecule has 5 heterocycles. The second-order valence-corrected chi connectivity index (χ2v) is 9.77. The molecule has 3 fully saturated rings. The molecule has 0 atom stereocenters. The number of morpholine rings is 1. The number of nitrogens with zero attached hydrogens (tertiary/aromatic N) is 5. The van der Waals surface area contributed by atoms with Crippen LogP contribution in [0.3, 0.4) is 0 Å². The van der Waals surface area contributed by atoms with Crippen molar-refractivity contribution in [3.8, 4) is 0 Å². The molecule has 1 spiro atoms. The highest BCUT2D eigenvalue weighted by Gasteiger charge is 2.44. The third kappa shape index (κ3) is 3.56. The topological polar surface area (TPSA) is 44.7 Å². The van der Waals surface area contributed by atoms with Crippen molar-refractivity contribution < 1.29 is 4.74 Å². The number of rotatable bonds is 3. The summed E-state index contributed by atoms with van der Waals surface area (Å²) in [7, 11) is 2.23. The van der Waals surface area contributed by atoms with Gasteiger partial charge in [-0.2, -0.15) is 4.98 Å². The molecule has 0 unspecified atom stereocenters. The molecule has 0 aliphatic carbocycles. The van der Waals surface area contributed by atoms with Crippen LogP contribution in [-0.4, -0.2) is 79.3 Å². The minimum Gasteiger partial charge on any atom is -0.378 e. The van der Waals surface area contributed by atoms with Crippen LogP contribution in [0.15, 0.2) is 6.07 Å². The van der Waals surface area contributed by atoms with E-state index in [0.717, 1.165) is 48.9 Å². The number of anilines is 1. The van der Waals surface area contributed by atoms with Crippen molar-refractivity contribution >= 4 is 39.0 Å². The molecule has 2 aromatic rings. The predicted molar refractivity (Wildman–Crippen MR) is 110 cm³/mol. The van der Waals surface area contributed by atoms with Gasteiger partial charge in [-0.05, 0) is 56.1 Å². The van der Waals surface area contributed by atoms with Crippen LogP contribution in [0.5, 0.6) is 0 Å². The third-order valence-electron chi connectivity index (χ3n) is 6.23. The first-order valence-electron chi connectivity index (χ1n) is 9.80. The first kappa shape index (κ1) is 18.1. The predicted octanol–water partition coefficient (Wildman–Crippen LogP) is 2.71. The number of hydrogen-bond acceptors (Lipinski definition) is 7. The van der Waals surface area contributed by atoms with Crippen molar-refractivity contribution in [2.24, 2.45) is 5.41 Å². The van der Waals surface area contributed by atoms with Crippen molar-refractivity contribution in [2.45, 2.75) is 19.4 Å². The van der Waals surface area contributed by atoms with E-state index in [1.54, 1.807) is 0 Å². The fourth-order valence-electron chi connectivity index (χ4n) is 4.65. The lowest BCUT2D eigenvalue weighted by atomic mass is 9.72. The lowest BCUT2D eigenvalue weighted by Gasteiger charge is -2.53. The molecular weight excluding hydrogens is 382 g/mol. The number of ether oxygens (including phenoxy) is 1. The highest BCUT2D eigenvalue weighted by Crippen LogP contribution is 2.42. The van der Waals surface area contributed by atoms with E-state index >= 15 is 0 Å². The zero-order valence-corrected chi connectivity index (χ0v) is 17.4. The van der Waals surface area contributed by atoms with Crippen molar-refractivity contribution in [3.63, 3.8) is 0 Å². The molecule has 0 saturated carbocycles. The summed E-state index contributed by atoms with van der Waals surface area (Å²) in [5.74, 6) is 0.972. The highest BCUT2D eigenvalue weighted by molar-refractivity contribution is 7.19. The number of piperidine rings is 1. The smallest absolute Gasteiger partial charge is 0.224 e. The van der Waals surface area contributed by atoms with E-state index < -0.39 is 0 Å². The van der Waals surface area contributed by atoms with Crippen LogP contribution in [0.25, 0.3) is 10.2 Å². The Morgan fingerprint density at radius 3 is 2.63 bits per heavy atom. The lowest BCUT2D eigenvalue weighted by molar-refractivity contribution is -0.0465. The molecule has 0 bridgehead atoms. The summed E-state index contributed by atoms with van der Waals surface area (Å²) in [6.07, 6.45) is 2.68. The van der Waals surface area contributed by atoms with Gasteiger partial charge in [-0.3, -0.25) is 4.90 Å². The quantitative estimate of drug-likeness (QED) is 0.729. The van der Waals surface area contributed by atoms with Gasteiger partial charge in [0.1, 0.15) is 0 Å². The second kappa shape index (κ2) is 7.12. The molecule has 0 radical (unpaired) electrons. The molecule has 6 nitrogen and oxygen atoms in total. The molecule has 27 heavy (non-hydrogen) atoms. The number of halogens is 1. The SMILES string of the molecule is CN1CCC2(CC1)CN(Cc1cc3nc(Cl)nc(N4CCOCC4)c3s1)C2. The number of aromatic nitrogens is 2. The maximum absolute atomic E-state index is 6.22. The van der Waals surface area contributed by atoms with Crippen LogP contribution in [0, 0.1) is 5.41 Å². The van der Waals surface area contributed by atoms with Gasteiger partial charge in [0, 0.05) is 37.6 Å². The molecule has 146 valence electrons. The first-order chi connectivity index (χ1) is 13.1. The molecule has 5 rings (SSSR count). The summed E-state index contributed by atoms with van der Waals surface area (Å²) < 4.78 is 6.64. The largest absolute Gasteiger partial charge is 0.378 e. The molecule has 3 saturated heterocycles. The van der Waals surface area contributed by atoms with Crippen LogP contribution in [0.4, 0.5) is 5.82 Å². The van der Waals surface area contributed by atoms with Crippen LogP contribution in [-0.2, 0) is 11.3 Å². The van der Waals surface area contributed by atoms with Crippen molar-refractivity contribution in [1.82, 2.24) is 19.8 Å². The maximum atomic E-state index is 6.22. The lowest BCUT2D eigenvalue weighted by Crippen LogP contribution is -2.59. The summed E-state index contributed by atoms with van der Waals surface area (Å²) in [6, 6.07) is 2.21. The van der Waals surface area contributed by atoms with Crippen LogP contribution >= 0.6 is 22.9 Å². The Hall–Kier alpha value is -0.990. The summed E-state index contributed by atoms with van der Waals surface area (Å²) >= 11 is 8.04. The molecule has 8 heteroatoms. The van der Waals surface area contributed by atoms with Crippen LogP contribution in [0.2, 0.25) is 5.28 Å². The summed E-state index contributed by atoms with van der Waals surface area (Å²) in [5, 5.41) is 0.336. The Kier molecular flexibility index (Phi) is 4.76. The standard InChI is InChI=1S/C19H26ClN5OS/c1-23-4-2-19(3-5-23)12-24(13-19)11-14-10-15-16(27-14)17(22-18(20)21-15)25-6-8-26-9-7-25/h10H,2-9,11-13H2,1H3. The molecule has 0 N–H and O–H groups in total. The Bertz CT molecular complexity index is 821. The number of fused-ring (bicyclic) bond motifs is 1. The molecule has 0 aromatic carbocycles. The zero-order valence-electron chi connectivity index (χ0n) is 15.8. The van der Waals surface area contributed by atoms with E-state index in [9.17, 15) is 0 Å². The monoisotopic (exact) mass is 407 g/mol. The number of likely N-dealkylation sites (tertiary alicyclic amines) is 2. The summed E-state index contributed by atoms with van der Waals surface area (Å²) in [4.78, 5) is 17.7. The fourth-order valence-corrected chi connectivity index (χ4v) is 5.97. The molecule has 3 aliphatic rings. The van der Waals surface area contributed by atoms with Crippen molar-refractivity contribution in [2.75, 3.05) is 64.4 Å². The van der Waals surface area contributed by atoms with Crippen molar-refractivity contribution in [1.29, 1.82) is 0 Å². The Balaban J connectivity index is 1.32. The van der Waals surface area contributed by atoms with E-state index in [2.05, 4.69) is 37.8 Å². The van der Waals surface area contributed by atoms with Crippen LogP contribution < -0.4 is 4.90 Å². The maximum Gasteiger partial charge on any atom is 0.224 e. The molecule has 2 aromatic heterocycles. The number of thiophene rings is 1. The highest BCUT2D eigenvalue weighted by atomic mass is 35.5. The normalized spacial score (nSPS) is 23.9. The first-order valence-corrected chi connectivity index (χ1v) is 11.0. The summed E-state index contributed by atoms with van der Waals surface area (Å²) in [6.45, 7) is 9.17. The van der Waals surface area contributed by atoms with Gasteiger partial charge >= 0.3 is 0 Å². The van der Waals surface area contributed by atoms with Gasteiger partial charge in [0.25, 0.3) is 0 Å². The zero-order chi connectivity index (χ0) is 18.4. The van der Waals surface area contributed by atoms with Gasteiger partial charge in [-0.1, -0.05) is 0 Å². The average molecular weight is 408 g/mol. The summed E-state index contributed by atoms with van der Waals surface area (Å²) in [5.41, 5.74) is 1.55. The van der Waals surface area contributed by atoms with Crippen molar-refractivity contribution in [3.05, 3.63) is 16.2 Å². The van der Waals surface area contributed by atoms with Gasteiger partial charge in [0.15, 0.2) is 5.82 Å². The Morgan fingerprint density at radius 2 is 1.89 bits per heavy atom. The van der Waals surface area contributed by atoms with Gasteiger partial charge in [0.2, 0.25) is 5.28 Å². The van der Waals surface area contributed by atoms with E-state index in [0.29, 0.717) is 10.7 Å². The minimum absolute atomic E-state index is 0.336. The molecule has 3 aliphatic heterocycles. The number of hydrogen-bond donors (Lipinski definition) is 0. The fraction of sp³-hybridized carbons (Fsp3) is 0.684. The van der Waals surface area contributed by atoms with E-state index in [1.807, 2.05) is 11.3 Å². The van der Waals surface area contributed by atoms with Crippen LogP contribution in [0.1, 0.15) is 17.7 Å². The third-order valence-corrected chi connectivity index (χ3v) is 7.51. The van der Waals surface area contributed by atoms with E-state index in [-0.39, 0.29) is 0 Å². The van der Waals surface area contributed by atoms with E-state index in [4.69, 9.17) is 16.3 Å². The Morgan fingerprint density at radius 1 is 1.15 bits per heavy atom. The van der Waals surface area contributed by atoms with Gasteiger partial charge in [-0.15, -0.1) is 11.3 Å². The van der Waals surface area contributed by atoms with E-state index in [1.165, 1.54) is 43.9 Å². The average Bonchev–Trinajstić information content (AvgIpc) is 3.04. The Labute approximate surface area is 169 Å². The van der Waals surface area contributed by atoms with Gasteiger partial charge in [0.05, 0.1) is 23.4 Å². The van der Waals surface area contributed by atoms with Gasteiger partial charge in [-0.25, -0.2) is 4.98 Å². The minimum atomic E-state index is 0.336. The molecule has 0 amide bonds.